The molecule has 0 aromatic heterocycles. The van der Waals surface area contributed by atoms with E-state index in [0.717, 1.165) is 6.07 Å². The van der Waals surface area contributed by atoms with E-state index < -0.39 is 11.7 Å². The topological polar surface area (TPSA) is 38.3 Å². The molecular weight excluding hydrogens is 269 g/mol. The molecule has 0 spiro atoms. The maximum Gasteiger partial charge on any atom is 0.255 e. The highest BCUT2D eigenvalue weighted by Crippen LogP contribution is 2.19. The standard InChI is InChI=1S/C14H11ClFNO2/c1-19-13-7-2-9(8-12(13)16)14(18)17-11-5-3-10(15)4-6-11/h2-8H,1H3,(H,17,18). The van der Waals surface area contributed by atoms with E-state index in [1.165, 1.54) is 19.2 Å². The Hall–Kier alpha value is -2.07. The van der Waals surface area contributed by atoms with E-state index in [2.05, 4.69) is 5.32 Å². The fourth-order valence-corrected chi connectivity index (χ4v) is 1.67. The molecule has 0 bridgehead atoms. The van der Waals surface area contributed by atoms with E-state index in [-0.39, 0.29) is 11.3 Å². The van der Waals surface area contributed by atoms with Crippen molar-refractivity contribution in [2.75, 3.05) is 12.4 Å². The number of hydrogen-bond donors (Lipinski definition) is 1. The number of carbonyl (C=O) groups is 1. The number of nitrogens with one attached hydrogen (secondary N) is 1. The normalized spacial score (nSPS) is 10.1. The summed E-state index contributed by atoms with van der Waals surface area (Å²) in [5.74, 6) is -0.877. The van der Waals surface area contributed by atoms with Gasteiger partial charge in [0.1, 0.15) is 0 Å². The van der Waals surface area contributed by atoms with Gasteiger partial charge < -0.3 is 10.1 Å². The average Bonchev–Trinajstić information content (AvgIpc) is 2.41. The summed E-state index contributed by atoms with van der Waals surface area (Å²) in [7, 11) is 1.37. The lowest BCUT2D eigenvalue weighted by molar-refractivity contribution is 0.102. The summed E-state index contributed by atoms with van der Waals surface area (Å²) in [4.78, 5) is 11.9. The minimum Gasteiger partial charge on any atom is -0.494 e. The van der Waals surface area contributed by atoms with Crippen LogP contribution < -0.4 is 10.1 Å². The third-order valence-electron chi connectivity index (χ3n) is 2.52. The van der Waals surface area contributed by atoms with Gasteiger partial charge >= 0.3 is 0 Å². The molecular formula is C14H11ClFNO2. The van der Waals surface area contributed by atoms with Crippen LogP contribution in [0.5, 0.6) is 5.75 Å². The van der Waals surface area contributed by atoms with Crippen LogP contribution in [-0.2, 0) is 0 Å². The summed E-state index contributed by atoms with van der Waals surface area (Å²) in [5.41, 5.74) is 0.805. The SMILES string of the molecule is COc1ccc(C(=O)Nc2ccc(Cl)cc2)cc1F. The third-order valence-corrected chi connectivity index (χ3v) is 2.77. The maximum atomic E-state index is 13.5. The molecule has 0 aliphatic rings. The Morgan fingerprint density at radius 1 is 1.21 bits per heavy atom. The number of ether oxygens (including phenoxy) is 1. The first-order valence-corrected chi connectivity index (χ1v) is 5.88. The Morgan fingerprint density at radius 2 is 1.89 bits per heavy atom. The van der Waals surface area contributed by atoms with Gasteiger partial charge in [0.25, 0.3) is 5.91 Å². The zero-order valence-electron chi connectivity index (χ0n) is 10.1. The van der Waals surface area contributed by atoms with Crippen molar-refractivity contribution in [3.05, 3.63) is 58.9 Å². The average molecular weight is 280 g/mol. The first-order chi connectivity index (χ1) is 9.10. The Balaban J connectivity index is 2.16. The number of amides is 1. The summed E-state index contributed by atoms with van der Waals surface area (Å²) in [5, 5.41) is 3.22. The van der Waals surface area contributed by atoms with Crippen molar-refractivity contribution in [3.8, 4) is 5.75 Å². The van der Waals surface area contributed by atoms with E-state index in [1.807, 2.05) is 0 Å². The largest absolute Gasteiger partial charge is 0.494 e. The maximum absolute atomic E-state index is 13.5. The molecule has 0 fully saturated rings. The lowest BCUT2D eigenvalue weighted by Gasteiger charge is -2.07. The molecule has 0 aliphatic heterocycles. The van der Waals surface area contributed by atoms with Gasteiger partial charge in [-0.2, -0.15) is 0 Å². The molecule has 3 nitrogen and oxygen atoms in total. The highest BCUT2D eigenvalue weighted by atomic mass is 35.5. The van der Waals surface area contributed by atoms with Crippen molar-refractivity contribution < 1.29 is 13.9 Å². The van der Waals surface area contributed by atoms with E-state index in [9.17, 15) is 9.18 Å². The first-order valence-electron chi connectivity index (χ1n) is 5.50. The number of benzene rings is 2. The molecule has 0 saturated carbocycles. The van der Waals surface area contributed by atoms with Crippen molar-refractivity contribution in [2.24, 2.45) is 0 Å². The second kappa shape index (κ2) is 5.71. The fourth-order valence-electron chi connectivity index (χ4n) is 1.54. The zero-order valence-corrected chi connectivity index (χ0v) is 10.9. The molecule has 0 heterocycles. The van der Waals surface area contributed by atoms with E-state index >= 15 is 0 Å². The van der Waals surface area contributed by atoms with Gasteiger partial charge in [0.05, 0.1) is 7.11 Å². The number of halogens is 2. The van der Waals surface area contributed by atoms with Crippen LogP contribution in [0.1, 0.15) is 10.4 Å². The van der Waals surface area contributed by atoms with Crippen molar-refractivity contribution in [1.29, 1.82) is 0 Å². The molecule has 2 rings (SSSR count). The summed E-state index contributed by atoms with van der Waals surface area (Å²) >= 11 is 5.74. The zero-order chi connectivity index (χ0) is 13.8. The van der Waals surface area contributed by atoms with Crippen LogP contribution in [0.4, 0.5) is 10.1 Å². The molecule has 0 radical (unpaired) electrons. The summed E-state index contributed by atoms with van der Waals surface area (Å²) in [6, 6.07) is 10.7. The molecule has 98 valence electrons. The number of anilines is 1. The Labute approximate surface area is 115 Å². The highest BCUT2D eigenvalue weighted by molar-refractivity contribution is 6.30. The van der Waals surface area contributed by atoms with Gasteiger partial charge in [-0.1, -0.05) is 11.6 Å². The first kappa shape index (κ1) is 13.4. The lowest BCUT2D eigenvalue weighted by Crippen LogP contribution is -2.12. The Bertz CT molecular complexity index is 599. The van der Waals surface area contributed by atoms with Crippen molar-refractivity contribution in [1.82, 2.24) is 0 Å². The van der Waals surface area contributed by atoms with Gasteiger partial charge in [0, 0.05) is 16.3 Å². The summed E-state index contributed by atoms with van der Waals surface area (Å²) in [6.45, 7) is 0. The number of carbonyl (C=O) groups excluding carboxylic acids is 1. The smallest absolute Gasteiger partial charge is 0.255 e. The van der Waals surface area contributed by atoms with Crippen molar-refractivity contribution in [3.63, 3.8) is 0 Å². The molecule has 0 aliphatic carbocycles. The minimum absolute atomic E-state index is 0.100. The van der Waals surface area contributed by atoms with E-state index in [1.54, 1.807) is 24.3 Å². The van der Waals surface area contributed by atoms with Gasteiger partial charge in [-0.15, -0.1) is 0 Å². The summed E-state index contributed by atoms with van der Waals surface area (Å²) < 4.78 is 18.3. The van der Waals surface area contributed by atoms with Crippen LogP contribution in [-0.4, -0.2) is 13.0 Å². The van der Waals surface area contributed by atoms with Crippen LogP contribution in [0.3, 0.4) is 0 Å². The molecule has 0 saturated heterocycles. The van der Waals surface area contributed by atoms with Gasteiger partial charge in [-0.05, 0) is 42.5 Å². The number of hydrogen-bond acceptors (Lipinski definition) is 2. The fraction of sp³-hybridized carbons (Fsp3) is 0.0714. The van der Waals surface area contributed by atoms with Crippen LogP contribution in [0.25, 0.3) is 0 Å². The summed E-state index contributed by atoms with van der Waals surface area (Å²) in [6.07, 6.45) is 0. The molecule has 0 atom stereocenters. The lowest BCUT2D eigenvalue weighted by atomic mass is 10.2. The Morgan fingerprint density at radius 3 is 2.47 bits per heavy atom. The molecule has 2 aromatic carbocycles. The second-order valence-electron chi connectivity index (χ2n) is 3.81. The van der Waals surface area contributed by atoms with Crippen LogP contribution in [0, 0.1) is 5.82 Å². The molecule has 19 heavy (non-hydrogen) atoms. The Kier molecular flexibility index (Phi) is 4.02. The van der Waals surface area contributed by atoms with Gasteiger partial charge in [-0.3, -0.25) is 4.79 Å². The van der Waals surface area contributed by atoms with Crippen molar-refractivity contribution >= 4 is 23.2 Å². The predicted octanol–water partition coefficient (Wildman–Crippen LogP) is 3.74. The van der Waals surface area contributed by atoms with Gasteiger partial charge in [-0.25, -0.2) is 4.39 Å². The monoisotopic (exact) mass is 279 g/mol. The quantitative estimate of drug-likeness (QED) is 0.929. The number of methoxy groups -OCH3 is 1. The number of rotatable bonds is 3. The van der Waals surface area contributed by atoms with Crippen LogP contribution in [0.2, 0.25) is 5.02 Å². The van der Waals surface area contributed by atoms with Crippen LogP contribution >= 0.6 is 11.6 Å². The second-order valence-corrected chi connectivity index (χ2v) is 4.25. The molecule has 5 heteroatoms. The highest BCUT2D eigenvalue weighted by Gasteiger charge is 2.10. The minimum atomic E-state index is -0.578. The van der Waals surface area contributed by atoms with E-state index in [0.29, 0.717) is 10.7 Å². The molecule has 1 N–H and O–H groups in total. The van der Waals surface area contributed by atoms with Crippen LogP contribution in [0.15, 0.2) is 42.5 Å². The van der Waals surface area contributed by atoms with Gasteiger partial charge in [0.2, 0.25) is 0 Å². The van der Waals surface area contributed by atoms with Crippen molar-refractivity contribution in [2.45, 2.75) is 0 Å². The predicted molar refractivity (Wildman–Crippen MR) is 72.4 cm³/mol. The van der Waals surface area contributed by atoms with E-state index in [4.69, 9.17) is 16.3 Å². The third kappa shape index (κ3) is 3.23. The molecule has 0 unspecified atom stereocenters. The molecule has 1 amide bonds. The molecule has 2 aromatic rings. The van der Waals surface area contributed by atoms with Gasteiger partial charge in [0.15, 0.2) is 11.6 Å².